The van der Waals surface area contributed by atoms with Crippen molar-refractivity contribution >= 4 is 17.2 Å². The molecule has 0 aliphatic heterocycles. The van der Waals surface area contributed by atoms with Gasteiger partial charge in [0, 0.05) is 12.1 Å². The molecule has 0 atom stereocenters. The summed E-state index contributed by atoms with van der Waals surface area (Å²) in [7, 11) is 0. The molecule has 126 valence electrons. The first kappa shape index (κ1) is 16.8. The Labute approximate surface area is 142 Å². The quantitative estimate of drug-likeness (QED) is 0.639. The zero-order chi connectivity index (χ0) is 17.5. The topological polar surface area (TPSA) is 30.2 Å². The minimum atomic E-state index is -4.53. The minimum Gasteiger partial charge on any atom is -0.279 e. The second kappa shape index (κ2) is 6.09. The van der Waals surface area contributed by atoms with Crippen LogP contribution in [0.1, 0.15) is 33.6 Å². The number of hydrogen-bond donors (Lipinski definition) is 0. The Kier molecular flexibility index (Phi) is 4.25. The second-order valence-corrected chi connectivity index (χ2v) is 6.02. The summed E-state index contributed by atoms with van der Waals surface area (Å²) in [5.41, 5.74) is 5.05. The van der Waals surface area contributed by atoms with Crippen LogP contribution in [0.3, 0.4) is 0 Å². The molecule has 3 nitrogen and oxygen atoms in total. The zero-order valence-corrected chi connectivity index (χ0v) is 13.9. The van der Waals surface area contributed by atoms with E-state index in [9.17, 15) is 13.2 Å². The van der Waals surface area contributed by atoms with Gasteiger partial charge >= 0.3 is 6.18 Å². The zero-order valence-electron chi connectivity index (χ0n) is 13.2. The largest absolute Gasteiger partial charge is 0.452 e. The van der Waals surface area contributed by atoms with E-state index in [2.05, 4.69) is 10.2 Å². The number of pyridine rings is 1. The lowest BCUT2D eigenvalue weighted by atomic mass is 9.98. The molecule has 3 rings (SSSR count). The van der Waals surface area contributed by atoms with Gasteiger partial charge in [-0.05, 0) is 54.2 Å². The first-order valence-corrected chi connectivity index (χ1v) is 7.89. The summed E-state index contributed by atoms with van der Waals surface area (Å²) in [6.07, 6.45) is -2.56. The molecule has 2 heterocycles. The molecule has 1 aromatic carbocycles. The summed E-state index contributed by atoms with van der Waals surface area (Å²) in [5, 5.41) is 6.99. The lowest BCUT2D eigenvalue weighted by Gasteiger charge is -2.10. The molecule has 0 saturated heterocycles. The number of benzene rings is 1. The van der Waals surface area contributed by atoms with E-state index in [0.717, 1.165) is 26.7 Å². The van der Waals surface area contributed by atoms with Crippen LogP contribution in [0.15, 0.2) is 30.5 Å². The van der Waals surface area contributed by atoms with Gasteiger partial charge in [0.1, 0.15) is 0 Å². The van der Waals surface area contributed by atoms with Crippen LogP contribution < -0.4 is 0 Å². The van der Waals surface area contributed by atoms with Crippen molar-refractivity contribution in [3.63, 3.8) is 0 Å². The molecule has 0 unspecified atom stereocenters. The molecule has 0 aliphatic rings. The van der Waals surface area contributed by atoms with Crippen molar-refractivity contribution in [3.05, 3.63) is 64.1 Å². The van der Waals surface area contributed by atoms with E-state index in [4.69, 9.17) is 11.6 Å². The Bertz CT molecular complexity index is 900. The molecule has 0 bridgehead atoms. The minimum absolute atomic E-state index is 0.226. The van der Waals surface area contributed by atoms with Crippen LogP contribution >= 0.6 is 11.6 Å². The van der Waals surface area contributed by atoms with Crippen LogP contribution in [0.5, 0.6) is 0 Å². The van der Waals surface area contributed by atoms with E-state index in [-0.39, 0.29) is 5.65 Å². The van der Waals surface area contributed by atoms with Gasteiger partial charge in [-0.2, -0.15) is 13.2 Å². The second-order valence-electron chi connectivity index (χ2n) is 5.75. The normalized spacial score (nSPS) is 12.1. The molecule has 0 N–H and O–H groups in total. The Hall–Kier alpha value is -2.08. The van der Waals surface area contributed by atoms with Gasteiger partial charge in [-0.25, -0.2) is 0 Å². The third kappa shape index (κ3) is 2.98. The summed E-state index contributed by atoms with van der Waals surface area (Å²) < 4.78 is 39.7. The number of alkyl halides is 4. The van der Waals surface area contributed by atoms with Crippen molar-refractivity contribution in [3.8, 4) is 0 Å². The van der Waals surface area contributed by atoms with Crippen LogP contribution in [-0.4, -0.2) is 14.6 Å². The summed E-state index contributed by atoms with van der Waals surface area (Å²) in [6, 6.07) is 7.71. The first-order chi connectivity index (χ1) is 11.3. The van der Waals surface area contributed by atoms with Gasteiger partial charge in [-0.15, -0.1) is 21.8 Å². The summed E-state index contributed by atoms with van der Waals surface area (Å²) >= 11 is 5.93. The van der Waals surface area contributed by atoms with E-state index < -0.39 is 12.0 Å². The van der Waals surface area contributed by atoms with Crippen LogP contribution in [-0.2, 0) is 18.5 Å². The number of nitrogens with zero attached hydrogens (tertiary/aromatic N) is 3. The number of aryl methyl sites for hydroxylation is 2. The molecule has 0 aliphatic carbocycles. The molecule has 0 amide bonds. The van der Waals surface area contributed by atoms with E-state index in [1.807, 2.05) is 25.1 Å². The maximum absolute atomic E-state index is 12.9. The molecule has 3 aromatic rings. The number of aromatic nitrogens is 3. The van der Waals surface area contributed by atoms with Crippen LogP contribution in [0.4, 0.5) is 13.2 Å². The molecule has 2 aromatic heterocycles. The van der Waals surface area contributed by atoms with E-state index in [1.165, 1.54) is 6.20 Å². The third-order valence-electron chi connectivity index (χ3n) is 4.14. The first-order valence-electron chi connectivity index (χ1n) is 7.36. The van der Waals surface area contributed by atoms with Gasteiger partial charge < -0.3 is 0 Å². The Balaban J connectivity index is 2.01. The molecular formula is C17H15ClF3N3. The Morgan fingerprint density at radius 3 is 2.50 bits per heavy atom. The molecule has 0 saturated carbocycles. The fourth-order valence-corrected chi connectivity index (χ4v) is 2.99. The number of halogens is 4. The Morgan fingerprint density at radius 1 is 1.08 bits per heavy atom. The van der Waals surface area contributed by atoms with Crippen LogP contribution in [0, 0.1) is 13.8 Å². The SMILES string of the molecule is Cc1ccc(Cc2ccn3c(C(F)(F)F)nnc3c2C)cc1CCl. The van der Waals surface area contributed by atoms with Crippen molar-refractivity contribution in [1.29, 1.82) is 0 Å². The summed E-state index contributed by atoms with van der Waals surface area (Å²) in [5.74, 6) is -0.580. The van der Waals surface area contributed by atoms with Gasteiger partial charge in [0.2, 0.25) is 5.82 Å². The smallest absolute Gasteiger partial charge is 0.279 e. The number of fused-ring (bicyclic) bond motifs is 1. The summed E-state index contributed by atoms with van der Waals surface area (Å²) in [4.78, 5) is 0. The highest BCUT2D eigenvalue weighted by molar-refractivity contribution is 6.17. The standard InChI is InChI=1S/C17H15ClF3N3/c1-10-3-4-12(8-14(10)9-18)7-13-5-6-24-15(11(13)2)22-23-16(24)17(19,20)21/h3-6,8H,7,9H2,1-2H3. The third-order valence-corrected chi connectivity index (χ3v) is 4.43. The number of rotatable bonds is 3. The Morgan fingerprint density at radius 2 is 1.83 bits per heavy atom. The van der Waals surface area contributed by atoms with Gasteiger partial charge in [0.15, 0.2) is 5.65 Å². The molecule has 0 radical (unpaired) electrons. The highest BCUT2D eigenvalue weighted by Gasteiger charge is 2.37. The highest BCUT2D eigenvalue weighted by Crippen LogP contribution is 2.29. The van der Waals surface area contributed by atoms with E-state index in [0.29, 0.717) is 17.9 Å². The van der Waals surface area contributed by atoms with Crippen LogP contribution in [0.25, 0.3) is 5.65 Å². The van der Waals surface area contributed by atoms with Gasteiger partial charge in [0.05, 0.1) is 0 Å². The maximum Gasteiger partial charge on any atom is 0.452 e. The maximum atomic E-state index is 12.9. The highest BCUT2D eigenvalue weighted by atomic mass is 35.5. The number of hydrogen-bond acceptors (Lipinski definition) is 2. The van der Waals surface area contributed by atoms with Crippen molar-refractivity contribution in [2.24, 2.45) is 0 Å². The van der Waals surface area contributed by atoms with Gasteiger partial charge in [-0.1, -0.05) is 18.2 Å². The van der Waals surface area contributed by atoms with Crippen molar-refractivity contribution < 1.29 is 13.2 Å². The van der Waals surface area contributed by atoms with Crippen molar-refractivity contribution in [1.82, 2.24) is 14.6 Å². The fourth-order valence-electron chi connectivity index (χ4n) is 2.70. The lowest BCUT2D eigenvalue weighted by Crippen LogP contribution is -2.11. The average Bonchev–Trinajstić information content (AvgIpc) is 2.96. The molecule has 0 fully saturated rings. The molecule has 24 heavy (non-hydrogen) atoms. The van der Waals surface area contributed by atoms with Gasteiger partial charge in [0.25, 0.3) is 0 Å². The van der Waals surface area contributed by atoms with Crippen LogP contribution in [0.2, 0.25) is 0 Å². The summed E-state index contributed by atoms with van der Waals surface area (Å²) in [6.45, 7) is 3.75. The lowest BCUT2D eigenvalue weighted by molar-refractivity contribution is -0.145. The predicted molar refractivity (Wildman–Crippen MR) is 86.3 cm³/mol. The van der Waals surface area contributed by atoms with Gasteiger partial charge in [-0.3, -0.25) is 4.40 Å². The predicted octanol–water partition coefficient (Wildman–Crippen LogP) is 4.69. The van der Waals surface area contributed by atoms with E-state index >= 15 is 0 Å². The van der Waals surface area contributed by atoms with E-state index in [1.54, 1.807) is 13.0 Å². The molecular weight excluding hydrogens is 339 g/mol. The monoisotopic (exact) mass is 353 g/mol. The molecule has 0 spiro atoms. The average molecular weight is 354 g/mol. The van der Waals surface area contributed by atoms with Crippen molar-refractivity contribution in [2.45, 2.75) is 32.3 Å². The van der Waals surface area contributed by atoms with Crippen molar-refractivity contribution in [2.75, 3.05) is 0 Å². The molecule has 7 heteroatoms. The fraction of sp³-hybridized carbons (Fsp3) is 0.294.